The van der Waals surface area contributed by atoms with Crippen LogP contribution in [0.25, 0.3) is 11.4 Å². The van der Waals surface area contributed by atoms with Crippen molar-refractivity contribution in [3.05, 3.63) is 29.6 Å². The molecule has 0 radical (unpaired) electrons. The lowest BCUT2D eigenvalue weighted by atomic mass is 10.1. The van der Waals surface area contributed by atoms with E-state index in [9.17, 15) is 4.39 Å². The van der Waals surface area contributed by atoms with Gasteiger partial charge in [-0.05, 0) is 43.5 Å². The number of aromatic nitrogens is 3. The Bertz CT molecular complexity index is 609. The Kier molecular flexibility index (Phi) is 3.40. The molecule has 3 N–H and O–H groups in total. The molecule has 0 aliphatic carbocycles. The predicted octanol–water partition coefficient (Wildman–Crippen LogP) is 1.85. The molecular formula is C14H18FN5. The van der Waals surface area contributed by atoms with Crippen molar-refractivity contribution in [1.82, 2.24) is 15.2 Å². The van der Waals surface area contributed by atoms with Crippen LogP contribution < -0.4 is 10.6 Å². The number of anilines is 1. The third kappa shape index (κ3) is 2.51. The maximum Gasteiger partial charge on any atom is 0.245 e. The fourth-order valence-corrected chi connectivity index (χ4v) is 2.60. The van der Waals surface area contributed by atoms with Gasteiger partial charge < -0.3 is 10.6 Å². The number of nitrogens with zero attached hydrogens (tertiary/aromatic N) is 3. The van der Waals surface area contributed by atoms with Crippen LogP contribution in [0.1, 0.15) is 18.4 Å². The highest BCUT2D eigenvalue weighted by molar-refractivity contribution is 5.60. The van der Waals surface area contributed by atoms with Crippen molar-refractivity contribution in [2.45, 2.75) is 25.8 Å². The number of nitrogens with two attached hydrogens (primary N) is 1. The minimum Gasteiger partial charge on any atom is -0.338 e. The lowest BCUT2D eigenvalue weighted by Gasteiger charge is -2.29. The fraction of sp³-hybridized carbons (Fsp3) is 0.429. The molecule has 6 heteroatoms. The predicted molar refractivity (Wildman–Crippen MR) is 75.9 cm³/mol. The number of piperidine rings is 1. The second-order valence-electron chi connectivity index (χ2n) is 5.29. The number of H-pyrrole nitrogens is 1. The lowest BCUT2D eigenvalue weighted by Crippen LogP contribution is -2.43. The summed E-state index contributed by atoms with van der Waals surface area (Å²) in [6.07, 6.45) is 2.10. The minimum atomic E-state index is -0.243. The number of aromatic amines is 1. The van der Waals surface area contributed by atoms with Crippen molar-refractivity contribution in [2.24, 2.45) is 5.73 Å². The van der Waals surface area contributed by atoms with Crippen LogP contribution in [0.2, 0.25) is 0 Å². The van der Waals surface area contributed by atoms with E-state index in [1.54, 1.807) is 6.07 Å². The first-order chi connectivity index (χ1) is 9.63. The number of hydrogen-bond acceptors (Lipinski definition) is 4. The van der Waals surface area contributed by atoms with Gasteiger partial charge in [-0.1, -0.05) is 0 Å². The van der Waals surface area contributed by atoms with E-state index in [4.69, 9.17) is 5.73 Å². The topological polar surface area (TPSA) is 70.8 Å². The molecule has 1 unspecified atom stereocenters. The van der Waals surface area contributed by atoms with Gasteiger partial charge in [0.15, 0.2) is 5.82 Å². The summed E-state index contributed by atoms with van der Waals surface area (Å²) in [6, 6.07) is 4.82. The van der Waals surface area contributed by atoms with Crippen LogP contribution in [-0.2, 0) is 0 Å². The van der Waals surface area contributed by atoms with Gasteiger partial charge >= 0.3 is 0 Å². The Balaban J connectivity index is 1.86. The molecule has 1 fully saturated rings. The van der Waals surface area contributed by atoms with Crippen molar-refractivity contribution >= 4 is 5.95 Å². The number of halogens is 1. The van der Waals surface area contributed by atoms with Crippen LogP contribution >= 0.6 is 0 Å². The summed E-state index contributed by atoms with van der Waals surface area (Å²) in [6.45, 7) is 3.56. The van der Waals surface area contributed by atoms with E-state index < -0.39 is 0 Å². The Morgan fingerprint density at radius 1 is 1.45 bits per heavy atom. The number of benzene rings is 1. The van der Waals surface area contributed by atoms with Crippen LogP contribution in [0, 0.1) is 12.7 Å². The molecule has 1 atom stereocenters. The number of rotatable bonds is 2. The number of hydrogen-bond donors (Lipinski definition) is 2. The Hall–Kier alpha value is -1.95. The average molecular weight is 275 g/mol. The van der Waals surface area contributed by atoms with Crippen LogP contribution in [0.4, 0.5) is 10.3 Å². The molecule has 2 aromatic rings. The molecule has 2 heterocycles. The van der Waals surface area contributed by atoms with Crippen molar-refractivity contribution in [3.63, 3.8) is 0 Å². The Morgan fingerprint density at radius 2 is 2.30 bits per heavy atom. The quantitative estimate of drug-likeness (QED) is 0.877. The zero-order valence-corrected chi connectivity index (χ0v) is 11.4. The van der Waals surface area contributed by atoms with Gasteiger partial charge in [0, 0.05) is 24.7 Å². The number of nitrogens with one attached hydrogen (secondary N) is 1. The first-order valence-corrected chi connectivity index (χ1v) is 6.83. The van der Waals surface area contributed by atoms with Gasteiger partial charge in [0.05, 0.1) is 0 Å². The molecule has 1 aromatic carbocycles. The summed E-state index contributed by atoms with van der Waals surface area (Å²) in [5.74, 6) is 1.09. The van der Waals surface area contributed by atoms with E-state index in [0.717, 1.165) is 37.1 Å². The third-order valence-corrected chi connectivity index (χ3v) is 3.66. The summed E-state index contributed by atoms with van der Waals surface area (Å²) in [4.78, 5) is 6.60. The molecule has 0 saturated carbocycles. The third-order valence-electron chi connectivity index (χ3n) is 3.66. The van der Waals surface area contributed by atoms with E-state index in [2.05, 4.69) is 20.1 Å². The molecule has 3 rings (SSSR count). The molecule has 20 heavy (non-hydrogen) atoms. The van der Waals surface area contributed by atoms with E-state index in [0.29, 0.717) is 11.8 Å². The lowest BCUT2D eigenvalue weighted by molar-refractivity contribution is 0.500. The largest absolute Gasteiger partial charge is 0.338 e. The summed E-state index contributed by atoms with van der Waals surface area (Å²) in [7, 11) is 0. The van der Waals surface area contributed by atoms with Gasteiger partial charge in [0.25, 0.3) is 0 Å². The Labute approximate surface area is 117 Å². The molecule has 0 spiro atoms. The molecule has 0 bridgehead atoms. The summed E-state index contributed by atoms with van der Waals surface area (Å²) < 4.78 is 13.1. The van der Waals surface area contributed by atoms with Gasteiger partial charge in [-0.15, -0.1) is 5.10 Å². The normalized spacial score (nSPS) is 19.4. The summed E-state index contributed by atoms with van der Waals surface area (Å²) in [5.41, 5.74) is 7.68. The van der Waals surface area contributed by atoms with Crippen LogP contribution in [0.5, 0.6) is 0 Å². The van der Waals surface area contributed by atoms with Gasteiger partial charge in [-0.2, -0.15) is 4.98 Å². The molecule has 0 amide bonds. The SMILES string of the molecule is Cc1cc(F)ccc1-c1nc(N2CCCC(N)C2)n[nH]1. The second-order valence-corrected chi connectivity index (χ2v) is 5.29. The highest BCUT2D eigenvalue weighted by atomic mass is 19.1. The van der Waals surface area contributed by atoms with Crippen molar-refractivity contribution in [3.8, 4) is 11.4 Å². The molecule has 106 valence electrons. The highest BCUT2D eigenvalue weighted by Crippen LogP contribution is 2.23. The fourth-order valence-electron chi connectivity index (χ4n) is 2.60. The zero-order valence-electron chi connectivity index (χ0n) is 11.4. The summed E-state index contributed by atoms with van der Waals surface area (Å²) >= 11 is 0. The zero-order chi connectivity index (χ0) is 14.1. The smallest absolute Gasteiger partial charge is 0.245 e. The first kappa shape index (κ1) is 13.1. The highest BCUT2D eigenvalue weighted by Gasteiger charge is 2.20. The molecule has 1 aromatic heterocycles. The molecular weight excluding hydrogens is 257 g/mol. The minimum absolute atomic E-state index is 0.179. The average Bonchev–Trinajstić information content (AvgIpc) is 2.88. The van der Waals surface area contributed by atoms with E-state index in [1.165, 1.54) is 12.1 Å². The van der Waals surface area contributed by atoms with Crippen LogP contribution in [0.15, 0.2) is 18.2 Å². The molecule has 1 aliphatic rings. The molecule has 1 saturated heterocycles. The maximum atomic E-state index is 13.1. The Morgan fingerprint density at radius 3 is 3.05 bits per heavy atom. The van der Waals surface area contributed by atoms with E-state index in [-0.39, 0.29) is 11.9 Å². The molecule has 1 aliphatic heterocycles. The van der Waals surface area contributed by atoms with E-state index in [1.807, 2.05) is 6.92 Å². The van der Waals surface area contributed by atoms with Gasteiger partial charge in [0.2, 0.25) is 5.95 Å². The van der Waals surface area contributed by atoms with Gasteiger partial charge in [-0.25, -0.2) is 4.39 Å². The van der Waals surface area contributed by atoms with Crippen LogP contribution in [-0.4, -0.2) is 34.3 Å². The van der Waals surface area contributed by atoms with Gasteiger partial charge in [0.1, 0.15) is 5.82 Å². The maximum absolute atomic E-state index is 13.1. The monoisotopic (exact) mass is 275 g/mol. The summed E-state index contributed by atoms with van der Waals surface area (Å²) in [5, 5.41) is 7.18. The van der Waals surface area contributed by atoms with Crippen LogP contribution in [0.3, 0.4) is 0 Å². The van der Waals surface area contributed by atoms with Crippen molar-refractivity contribution in [2.75, 3.05) is 18.0 Å². The van der Waals surface area contributed by atoms with E-state index >= 15 is 0 Å². The van der Waals surface area contributed by atoms with Crippen molar-refractivity contribution in [1.29, 1.82) is 0 Å². The standard InChI is InChI=1S/C14H18FN5/c1-9-7-10(15)4-5-12(9)13-17-14(19-18-13)20-6-2-3-11(16)8-20/h4-5,7,11H,2-3,6,8,16H2,1H3,(H,17,18,19). The molecule has 5 nitrogen and oxygen atoms in total. The first-order valence-electron chi connectivity index (χ1n) is 6.83. The van der Waals surface area contributed by atoms with Gasteiger partial charge in [-0.3, -0.25) is 5.10 Å². The van der Waals surface area contributed by atoms with Crippen molar-refractivity contribution < 1.29 is 4.39 Å². The second kappa shape index (κ2) is 5.20. The number of aryl methyl sites for hydroxylation is 1.